The van der Waals surface area contributed by atoms with Gasteiger partial charge in [0.25, 0.3) is 0 Å². The summed E-state index contributed by atoms with van der Waals surface area (Å²) in [6, 6.07) is 16.7. The zero-order chi connectivity index (χ0) is 18.1. The standard InChI is InChI=1S/C20H21N5S/c1-12(2)14-7-9-15(10-8-14)21-20-22-19-16(17-11-13(3)23-24-17)5-4-6-18(19)26-25-20/h4-12H,1-3H3,(H,23,24)(H2,21,22,25). The number of fused-ring (bicyclic) bond motifs is 1. The van der Waals surface area contributed by atoms with E-state index in [2.05, 4.69) is 75.5 Å². The van der Waals surface area contributed by atoms with Gasteiger partial charge in [-0.05, 0) is 42.7 Å². The highest BCUT2D eigenvalue weighted by atomic mass is 32.2. The van der Waals surface area contributed by atoms with Crippen LogP contribution in [0.4, 0.5) is 11.4 Å². The number of aryl methyl sites for hydroxylation is 1. The van der Waals surface area contributed by atoms with Crippen LogP contribution >= 0.6 is 11.9 Å². The van der Waals surface area contributed by atoms with Crippen LogP contribution in [0.5, 0.6) is 0 Å². The molecule has 5 nitrogen and oxygen atoms in total. The second kappa shape index (κ2) is 6.88. The Morgan fingerprint density at radius 3 is 2.58 bits per heavy atom. The van der Waals surface area contributed by atoms with Crippen molar-refractivity contribution < 1.29 is 0 Å². The van der Waals surface area contributed by atoms with E-state index in [-0.39, 0.29) is 0 Å². The highest BCUT2D eigenvalue weighted by Gasteiger charge is 2.18. The number of aromatic amines is 1. The lowest BCUT2D eigenvalue weighted by Gasteiger charge is -2.21. The van der Waals surface area contributed by atoms with Crippen LogP contribution in [0.15, 0.2) is 57.8 Å². The van der Waals surface area contributed by atoms with Gasteiger partial charge in [-0.1, -0.05) is 38.1 Å². The molecule has 6 heteroatoms. The van der Waals surface area contributed by atoms with E-state index in [9.17, 15) is 0 Å². The highest BCUT2D eigenvalue weighted by molar-refractivity contribution is 7.98. The van der Waals surface area contributed by atoms with Crippen molar-refractivity contribution in [2.45, 2.75) is 31.6 Å². The molecule has 0 radical (unpaired) electrons. The molecule has 0 atom stereocenters. The maximum absolute atomic E-state index is 4.55. The van der Waals surface area contributed by atoms with E-state index >= 15 is 0 Å². The Morgan fingerprint density at radius 1 is 1.08 bits per heavy atom. The largest absolute Gasteiger partial charge is 0.325 e. The lowest BCUT2D eigenvalue weighted by atomic mass is 10.0. The number of anilines is 2. The van der Waals surface area contributed by atoms with Crippen molar-refractivity contribution in [2.24, 2.45) is 4.40 Å². The summed E-state index contributed by atoms with van der Waals surface area (Å²) in [4.78, 5) is 1.09. The molecular formula is C20H21N5S. The predicted octanol–water partition coefficient (Wildman–Crippen LogP) is 5.41. The molecule has 1 aromatic heterocycles. The predicted molar refractivity (Wildman–Crippen MR) is 110 cm³/mol. The summed E-state index contributed by atoms with van der Waals surface area (Å²) in [5, 5.41) is 14.2. The summed E-state index contributed by atoms with van der Waals surface area (Å²) in [5.41, 5.74) is 6.39. The Bertz CT molecular complexity index is 957. The number of aromatic nitrogens is 2. The van der Waals surface area contributed by atoms with Gasteiger partial charge in [-0.3, -0.25) is 5.10 Å². The first-order chi connectivity index (χ1) is 12.6. The third-order valence-electron chi connectivity index (χ3n) is 4.33. The topological polar surface area (TPSA) is 65.1 Å². The van der Waals surface area contributed by atoms with Gasteiger partial charge in [-0.25, -0.2) is 0 Å². The van der Waals surface area contributed by atoms with E-state index in [1.54, 1.807) is 0 Å². The number of H-pyrrole nitrogens is 1. The summed E-state index contributed by atoms with van der Waals surface area (Å²) in [6.07, 6.45) is 0. The number of hydrogen-bond acceptors (Lipinski definition) is 5. The van der Waals surface area contributed by atoms with Crippen LogP contribution in [0.2, 0.25) is 0 Å². The number of guanidine groups is 1. The Kier molecular flexibility index (Phi) is 4.42. The molecule has 1 aliphatic heterocycles. The third-order valence-corrected chi connectivity index (χ3v) is 5.14. The minimum absolute atomic E-state index is 0.525. The third kappa shape index (κ3) is 3.32. The SMILES string of the molecule is Cc1cc(-c2cccc3c2NC(Nc2ccc(C(C)C)cc2)=NS3)n[nH]1. The molecule has 0 unspecified atom stereocenters. The molecule has 3 N–H and O–H groups in total. The fourth-order valence-corrected chi connectivity index (χ4v) is 3.56. The number of nitrogens with zero attached hydrogens (tertiary/aromatic N) is 2. The maximum atomic E-state index is 4.55. The van der Waals surface area contributed by atoms with Crippen LogP contribution in [0.3, 0.4) is 0 Å². The molecule has 0 saturated carbocycles. The first kappa shape index (κ1) is 16.7. The van der Waals surface area contributed by atoms with Gasteiger partial charge < -0.3 is 10.6 Å². The molecule has 0 aliphatic carbocycles. The Hall–Kier alpha value is -2.73. The van der Waals surface area contributed by atoms with Crippen molar-refractivity contribution in [3.05, 3.63) is 59.8 Å². The molecule has 0 fully saturated rings. The van der Waals surface area contributed by atoms with Crippen LogP contribution in [0.25, 0.3) is 11.3 Å². The monoisotopic (exact) mass is 363 g/mol. The van der Waals surface area contributed by atoms with E-state index in [1.807, 2.05) is 19.1 Å². The second-order valence-corrected chi connectivity index (χ2v) is 7.48. The average molecular weight is 363 g/mol. The zero-order valence-corrected chi connectivity index (χ0v) is 15.8. The summed E-state index contributed by atoms with van der Waals surface area (Å²) >= 11 is 1.46. The lowest BCUT2D eigenvalue weighted by molar-refractivity contribution is 0.867. The first-order valence-electron chi connectivity index (χ1n) is 8.64. The van der Waals surface area contributed by atoms with Gasteiger partial charge in [0, 0.05) is 28.9 Å². The minimum atomic E-state index is 0.525. The van der Waals surface area contributed by atoms with Gasteiger partial charge >= 0.3 is 0 Å². The van der Waals surface area contributed by atoms with Gasteiger partial charge in [0.2, 0.25) is 5.96 Å². The summed E-state index contributed by atoms with van der Waals surface area (Å²) < 4.78 is 4.55. The molecule has 132 valence electrons. The Morgan fingerprint density at radius 2 is 1.88 bits per heavy atom. The van der Waals surface area contributed by atoms with Crippen molar-refractivity contribution >= 4 is 29.3 Å². The molecule has 1 aliphatic rings. The van der Waals surface area contributed by atoms with Crippen LogP contribution < -0.4 is 10.6 Å². The molecular weight excluding hydrogens is 342 g/mol. The van der Waals surface area contributed by atoms with Crippen molar-refractivity contribution in [1.82, 2.24) is 10.2 Å². The summed E-state index contributed by atoms with van der Waals surface area (Å²) in [5.74, 6) is 1.25. The summed E-state index contributed by atoms with van der Waals surface area (Å²) in [7, 11) is 0. The molecule has 4 rings (SSSR count). The number of benzene rings is 2. The Balaban J connectivity index is 1.57. The van der Waals surface area contributed by atoms with Crippen LogP contribution in [-0.2, 0) is 0 Å². The van der Waals surface area contributed by atoms with Crippen LogP contribution in [0.1, 0.15) is 31.0 Å². The second-order valence-electron chi connectivity index (χ2n) is 6.67. The molecule has 3 aromatic rings. The van der Waals surface area contributed by atoms with Crippen molar-refractivity contribution in [3.8, 4) is 11.3 Å². The average Bonchev–Trinajstić information content (AvgIpc) is 3.08. The van der Waals surface area contributed by atoms with Crippen molar-refractivity contribution in [1.29, 1.82) is 0 Å². The molecule has 0 spiro atoms. The quantitative estimate of drug-likeness (QED) is 0.544. The normalized spacial score (nSPS) is 13.2. The van der Waals surface area contributed by atoms with E-state index in [0.717, 1.165) is 39.2 Å². The minimum Gasteiger partial charge on any atom is -0.325 e. The van der Waals surface area contributed by atoms with Crippen LogP contribution in [0, 0.1) is 6.92 Å². The van der Waals surface area contributed by atoms with Gasteiger partial charge in [-0.15, -0.1) is 0 Å². The van der Waals surface area contributed by atoms with E-state index in [1.165, 1.54) is 17.5 Å². The van der Waals surface area contributed by atoms with Crippen molar-refractivity contribution in [3.63, 3.8) is 0 Å². The van der Waals surface area contributed by atoms with E-state index in [4.69, 9.17) is 0 Å². The van der Waals surface area contributed by atoms with E-state index < -0.39 is 0 Å². The first-order valence-corrected chi connectivity index (χ1v) is 9.42. The molecule has 0 saturated heterocycles. The summed E-state index contributed by atoms with van der Waals surface area (Å²) in [6.45, 7) is 6.39. The maximum Gasteiger partial charge on any atom is 0.212 e. The zero-order valence-electron chi connectivity index (χ0n) is 15.0. The van der Waals surface area contributed by atoms with Gasteiger partial charge in [0.1, 0.15) is 0 Å². The van der Waals surface area contributed by atoms with Crippen LogP contribution in [-0.4, -0.2) is 16.2 Å². The fraction of sp³-hybridized carbons (Fsp3) is 0.200. The Labute approximate surface area is 157 Å². The highest BCUT2D eigenvalue weighted by Crippen LogP contribution is 2.39. The van der Waals surface area contributed by atoms with Gasteiger partial charge in [-0.2, -0.15) is 9.50 Å². The van der Waals surface area contributed by atoms with Crippen molar-refractivity contribution in [2.75, 3.05) is 10.6 Å². The van der Waals surface area contributed by atoms with Gasteiger partial charge in [0.05, 0.1) is 16.3 Å². The molecule has 0 amide bonds. The lowest BCUT2D eigenvalue weighted by Crippen LogP contribution is -2.24. The number of nitrogens with one attached hydrogen (secondary N) is 3. The molecule has 2 aromatic carbocycles. The fourth-order valence-electron chi connectivity index (χ4n) is 2.88. The smallest absolute Gasteiger partial charge is 0.212 e. The molecule has 0 bridgehead atoms. The number of hydrogen-bond donors (Lipinski definition) is 3. The van der Waals surface area contributed by atoms with E-state index in [0.29, 0.717) is 5.92 Å². The number of para-hydroxylation sites is 1. The van der Waals surface area contributed by atoms with Gasteiger partial charge in [0.15, 0.2) is 0 Å². The molecule has 2 heterocycles. The molecule has 26 heavy (non-hydrogen) atoms. The number of rotatable bonds is 3.